The molecule has 0 bridgehead atoms. The standard InChI is InChI=1S/C11H17N3O2/c1-7(2)9(6-15)14-11-8(10(12)16)4-3-5-13-11/h3-5,7,9,15H,6H2,1-2H3,(H2,12,16)(H,13,14)/t9-/m1/s1. The number of nitrogens with zero attached hydrogens (tertiary/aromatic N) is 1. The molecule has 0 saturated carbocycles. The normalized spacial score (nSPS) is 12.5. The third kappa shape index (κ3) is 2.93. The lowest BCUT2D eigenvalue weighted by atomic mass is 10.1. The summed E-state index contributed by atoms with van der Waals surface area (Å²) < 4.78 is 0. The molecule has 88 valence electrons. The highest BCUT2D eigenvalue weighted by Crippen LogP contribution is 2.14. The SMILES string of the molecule is CC(C)[C@@H](CO)Nc1ncccc1C(N)=O. The number of hydrogen-bond donors (Lipinski definition) is 3. The smallest absolute Gasteiger partial charge is 0.252 e. The van der Waals surface area contributed by atoms with Crippen molar-refractivity contribution in [1.29, 1.82) is 0 Å². The third-order valence-electron chi connectivity index (χ3n) is 2.40. The van der Waals surface area contributed by atoms with Crippen LogP contribution in [0, 0.1) is 5.92 Å². The molecule has 16 heavy (non-hydrogen) atoms. The van der Waals surface area contributed by atoms with Gasteiger partial charge in [0.25, 0.3) is 5.91 Å². The molecular weight excluding hydrogens is 206 g/mol. The van der Waals surface area contributed by atoms with Crippen molar-refractivity contribution in [2.45, 2.75) is 19.9 Å². The van der Waals surface area contributed by atoms with Crippen LogP contribution >= 0.6 is 0 Å². The molecule has 0 fully saturated rings. The minimum Gasteiger partial charge on any atom is -0.394 e. The van der Waals surface area contributed by atoms with Crippen LogP contribution in [0.15, 0.2) is 18.3 Å². The van der Waals surface area contributed by atoms with Gasteiger partial charge in [0.15, 0.2) is 0 Å². The van der Waals surface area contributed by atoms with E-state index in [0.29, 0.717) is 11.4 Å². The number of aromatic nitrogens is 1. The maximum Gasteiger partial charge on any atom is 0.252 e. The summed E-state index contributed by atoms with van der Waals surface area (Å²) in [5.41, 5.74) is 5.56. The van der Waals surface area contributed by atoms with Gasteiger partial charge < -0.3 is 16.2 Å². The van der Waals surface area contributed by atoms with Gasteiger partial charge in [-0.05, 0) is 18.1 Å². The fourth-order valence-electron chi connectivity index (χ4n) is 1.32. The molecular formula is C11H17N3O2. The number of pyridine rings is 1. The van der Waals surface area contributed by atoms with Crippen LogP contribution in [0.3, 0.4) is 0 Å². The van der Waals surface area contributed by atoms with E-state index in [2.05, 4.69) is 10.3 Å². The second kappa shape index (κ2) is 5.46. The van der Waals surface area contributed by atoms with Gasteiger partial charge in [-0.15, -0.1) is 0 Å². The van der Waals surface area contributed by atoms with Crippen molar-refractivity contribution in [3.05, 3.63) is 23.9 Å². The van der Waals surface area contributed by atoms with E-state index in [0.717, 1.165) is 0 Å². The van der Waals surface area contributed by atoms with Crippen LogP contribution in [0.25, 0.3) is 0 Å². The molecule has 1 aromatic heterocycles. The summed E-state index contributed by atoms with van der Waals surface area (Å²) in [5, 5.41) is 12.2. The van der Waals surface area contributed by atoms with Gasteiger partial charge in [0.05, 0.1) is 18.2 Å². The predicted molar refractivity (Wildman–Crippen MR) is 62.1 cm³/mol. The number of carbonyl (C=O) groups excluding carboxylic acids is 1. The number of carbonyl (C=O) groups is 1. The Morgan fingerprint density at radius 3 is 2.81 bits per heavy atom. The Bertz CT molecular complexity index is 366. The minimum atomic E-state index is -0.531. The summed E-state index contributed by atoms with van der Waals surface area (Å²) in [6.45, 7) is 3.92. The molecule has 1 rings (SSSR count). The molecule has 0 unspecified atom stereocenters. The van der Waals surface area contributed by atoms with Crippen molar-refractivity contribution in [3.63, 3.8) is 0 Å². The molecule has 0 spiro atoms. The Morgan fingerprint density at radius 1 is 1.62 bits per heavy atom. The van der Waals surface area contributed by atoms with Crippen molar-refractivity contribution in [1.82, 2.24) is 4.98 Å². The first-order valence-corrected chi connectivity index (χ1v) is 5.18. The summed E-state index contributed by atoms with van der Waals surface area (Å²) in [7, 11) is 0. The predicted octanol–water partition coefficient (Wildman–Crippen LogP) is 0.609. The van der Waals surface area contributed by atoms with Crippen LogP contribution in [0.4, 0.5) is 5.82 Å². The number of nitrogens with two attached hydrogens (primary N) is 1. The second-order valence-corrected chi connectivity index (χ2v) is 3.94. The van der Waals surface area contributed by atoms with Crippen LogP contribution in [-0.2, 0) is 0 Å². The minimum absolute atomic E-state index is 0.0214. The lowest BCUT2D eigenvalue weighted by Gasteiger charge is -2.21. The second-order valence-electron chi connectivity index (χ2n) is 3.94. The number of anilines is 1. The summed E-state index contributed by atoms with van der Waals surface area (Å²) in [4.78, 5) is 15.2. The Kier molecular flexibility index (Phi) is 4.25. The fraction of sp³-hybridized carbons (Fsp3) is 0.455. The zero-order chi connectivity index (χ0) is 12.1. The number of primary amides is 1. The van der Waals surface area contributed by atoms with Gasteiger partial charge in [-0.2, -0.15) is 0 Å². The van der Waals surface area contributed by atoms with Gasteiger partial charge in [0.2, 0.25) is 0 Å². The van der Waals surface area contributed by atoms with Gasteiger partial charge in [0.1, 0.15) is 5.82 Å². The molecule has 0 radical (unpaired) electrons. The molecule has 5 heteroatoms. The summed E-state index contributed by atoms with van der Waals surface area (Å²) in [6, 6.07) is 3.11. The average Bonchev–Trinajstić information content (AvgIpc) is 2.25. The molecule has 1 aromatic rings. The number of amides is 1. The van der Waals surface area contributed by atoms with Crippen molar-refractivity contribution in [2.75, 3.05) is 11.9 Å². The number of nitrogens with one attached hydrogen (secondary N) is 1. The van der Waals surface area contributed by atoms with Crippen molar-refractivity contribution in [3.8, 4) is 0 Å². The quantitative estimate of drug-likeness (QED) is 0.682. The van der Waals surface area contributed by atoms with Crippen LogP contribution in [0.2, 0.25) is 0 Å². The highest BCUT2D eigenvalue weighted by atomic mass is 16.3. The van der Waals surface area contributed by atoms with E-state index in [1.165, 1.54) is 0 Å². The van der Waals surface area contributed by atoms with Crippen LogP contribution in [0.1, 0.15) is 24.2 Å². The first-order valence-electron chi connectivity index (χ1n) is 5.18. The maximum absolute atomic E-state index is 11.1. The van der Waals surface area contributed by atoms with Gasteiger partial charge in [-0.3, -0.25) is 4.79 Å². The Morgan fingerprint density at radius 2 is 2.31 bits per heavy atom. The molecule has 1 heterocycles. The lowest BCUT2D eigenvalue weighted by Crippen LogP contribution is -2.31. The molecule has 5 nitrogen and oxygen atoms in total. The molecule has 4 N–H and O–H groups in total. The zero-order valence-corrected chi connectivity index (χ0v) is 9.47. The Balaban J connectivity index is 2.91. The lowest BCUT2D eigenvalue weighted by molar-refractivity contribution is 0.100. The molecule has 0 aliphatic rings. The topological polar surface area (TPSA) is 88.2 Å². The maximum atomic E-state index is 11.1. The van der Waals surface area contributed by atoms with E-state index in [1.807, 2.05) is 13.8 Å². The molecule has 1 amide bonds. The Labute approximate surface area is 94.7 Å². The first-order chi connectivity index (χ1) is 7.56. The number of rotatable bonds is 5. The highest BCUT2D eigenvalue weighted by molar-refractivity contribution is 5.97. The van der Waals surface area contributed by atoms with E-state index < -0.39 is 5.91 Å². The molecule has 0 saturated heterocycles. The monoisotopic (exact) mass is 223 g/mol. The van der Waals surface area contributed by atoms with E-state index in [4.69, 9.17) is 5.73 Å². The van der Waals surface area contributed by atoms with Gasteiger partial charge in [-0.1, -0.05) is 13.8 Å². The third-order valence-corrected chi connectivity index (χ3v) is 2.40. The largest absolute Gasteiger partial charge is 0.394 e. The van der Waals surface area contributed by atoms with Gasteiger partial charge in [0, 0.05) is 6.20 Å². The number of aliphatic hydroxyl groups is 1. The van der Waals surface area contributed by atoms with Crippen LogP contribution in [0.5, 0.6) is 0 Å². The molecule has 1 atom stereocenters. The molecule has 0 aliphatic carbocycles. The fourth-order valence-corrected chi connectivity index (χ4v) is 1.32. The van der Waals surface area contributed by atoms with E-state index >= 15 is 0 Å². The van der Waals surface area contributed by atoms with Crippen molar-refractivity contribution < 1.29 is 9.90 Å². The number of hydrogen-bond acceptors (Lipinski definition) is 4. The summed E-state index contributed by atoms with van der Waals surface area (Å²) in [6.07, 6.45) is 1.57. The molecule has 0 aromatic carbocycles. The van der Waals surface area contributed by atoms with Crippen LogP contribution < -0.4 is 11.1 Å². The van der Waals surface area contributed by atoms with Crippen molar-refractivity contribution >= 4 is 11.7 Å². The zero-order valence-electron chi connectivity index (χ0n) is 9.47. The van der Waals surface area contributed by atoms with Crippen molar-refractivity contribution in [2.24, 2.45) is 11.7 Å². The van der Waals surface area contributed by atoms with E-state index in [9.17, 15) is 9.90 Å². The molecule has 0 aliphatic heterocycles. The first kappa shape index (κ1) is 12.4. The highest BCUT2D eigenvalue weighted by Gasteiger charge is 2.16. The Hall–Kier alpha value is -1.62. The van der Waals surface area contributed by atoms with E-state index in [1.54, 1.807) is 18.3 Å². The summed E-state index contributed by atoms with van der Waals surface area (Å²) in [5.74, 6) is 0.117. The van der Waals surface area contributed by atoms with Gasteiger partial charge >= 0.3 is 0 Å². The summed E-state index contributed by atoms with van der Waals surface area (Å²) >= 11 is 0. The van der Waals surface area contributed by atoms with E-state index in [-0.39, 0.29) is 18.6 Å². The number of aliphatic hydroxyl groups excluding tert-OH is 1. The van der Waals surface area contributed by atoms with Crippen LogP contribution in [-0.4, -0.2) is 28.6 Å². The van der Waals surface area contributed by atoms with Gasteiger partial charge in [-0.25, -0.2) is 4.98 Å². The average molecular weight is 223 g/mol.